The Kier molecular flexibility index (Phi) is 5.03. The minimum atomic E-state index is -0.488. The average Bonchev–Trinajstić information content (AvgIpc) is 3.33. The first-order chi connectivity index (χ1) is 16.9. The zero-order valence-corrected chi connectivity index (χ0v) is 19.5. The van der Waals surface area contributed by atoms with Crippen molar-refractivity contribution in [2.75, 3.05) is 5.73 Å². The number of likely N-dealkylation sites (tertiary alicyclic amines) is 1. The summed E-state index contributed by atoms with van der Waals surface area (Å²) in [6.07, 6.45) is 4.06. The van der Waals surface area contributed by atoms with E-state index in [2.05, 4.69) is 9.97 Å². The smallest absolute Gasteiger partial charge is 0.274 e. The number of pyridine rings is 1. The highest BCUT2D eigenvalue weighted by molar-refractivity contribution is 7.19. The summed E-state index contributed by atoms with van der Waals surface area (Å²) in [7, 11) is 0. The van der Waals surface area contributed by atoms with Gasteiger partial charge in [-0.2, -0.15) is 0 Å². The van der Waals surface area contributed by atoms with Gasteiger partial charge in [-0.3, -0.25) is 14.6 Å². The Morgan fingerprint density at radius 1 is 1.11 bits per heavy atom. The molecule has 3 atom stereocenters. The fourth-order valence-corrected chi connectivity index (χ4v) is 6.18. The molecule has 4 aromatic rings. The Balaban J connectivity index is 1.35. The highest BCUT2D eigenvalue weighted by atomic mass is 32.1. The van der Waals surface area contributed by atoms with Crippen molar-refractivity contribution in [3.05, 3.63) is 77.5 Å². The lowest BCUT2D eigenvalue weighted by Crippen LogP contribution is -2.40. The summed E-state index contributed by atoms with van der Waals surface area (Å²) in [6, 6.07) is 13.4. The summed E-state index contributed by atoms with van der Waals surface area (Å²) in [5.41, 5.74) is 13.7. The molecule has 0 unspecified atom stereocenters. The molecule has 1 saturated carbocycles. The van der Waals surface area contributed by atoms with E-state index in [1.165, 1.54) is 23.5 Å². The van der Waals surface area contributed by atoms with Gasteiger partial charge in [0.2, 0.25) is 5.91 Å². The van der Waals surface area contributed by atoms with Crippen LogP contribution in [0.15, 0.2) is 54.7 Å². The average molecular weight is 488 g/mol. The van der Waals surface area contributed by atoms with E-state index in [-0.39, 0.29) is 34.6 Å². The summed E-state index contributed by atoms with van der Waals surface area (Å²) >= 11 is 1.19. The number of fused-ring (bicyclic) bond motifs is 2. The molecule has 6 rings (SSSR count). The molecule has 0 spiro atoms. The number of halogens is 1. The molecule has 7 nitrogen and oxygen atoms in total. The molecule has 1 saturated heterocycles. The zero-order chi connectivity index (χ0) is 24.3. The fourth-order valence-electron chi connectivity index (χ4n) is 5.36. The van der Waals surface area contributed by atoms with Crippen molar-refractivity contribution in [2.45, 2.75) is 31.3 Å². The second-order valence-electron chi connectivity index (χ2n) is 9.13. The molecule has 2 aliphatic rings. The lowest BCUT2D eigenvalue weighted by molar-refractivity contribution is 0.0695. The first-order valence-electron chi connectivity index (χ1n) is 11.4. The molecule has 1 aliphatic carbocycles. The van der Waals surface area contributed by atoms with Gasteiger partial charge in [-0.05, 0) is 54.0 Å². The Labute approximate surface area is 204 Å². The van der Waals surface area contributed by atoms with Crippen LogP contribution in [0.1, 0.15) is 39.4 Å². The highest BCUT2D eigenvalue weighted by Crippen LogP contribution is 2.50. The van der Waals surface area contributed by atoms with Crippen molar-refractivity contribution in [1.82, 2.24) is 14.9 Å². The number of hydrogen-bond acceptors (Lipinski definition) is 6. The number of benzene rings is 2. The molecule has 0 bridgehead atoms. The van der Waals surface area contributed by atoms with E-state index < -0.39 is 5.91 Å². The Bertz CT molecular complexity index is 1500. The van der Waals surface area contributed by atoms with Crippen LogP contribution in [0.2, 0.25) is 0 Å². The van der Waals surface area contributed by atoms with Gasteiger partial charge in [0.1, 0.15) is 11.5 Å². The molecule has 2 amide bonds. The summed E-state index contributed by atoms with van der Waals surface area (Å²) in [6.45, 7) is 0. The van der Waals surface area contributed by atoms with Gasteiger partial charge in [0.25, 0.3) is 5.91 Å². The van der Waals surface area contributed by atoms with Gasteiger partial charge in [0.15, 0.2) is 5.13 Å². The predicted molar refractivity (Wildman–Crippen MR) is 132 cm³/mol. The minimum absolute atomic E-state index is 0.0649. The monoisotopic (exact) mass is 487 g/mol. The van der Waals surface area contributed by atoms with Crippen molar-refractivity contribution in [3.63, 3.8) is 0 Å². The maximum Gasteiger partial charge on any atom is 0.274 e. The molecule has 1 aliphatic heterocycles. The van der Waals surface area contributed by atoms with Gasteiger partial charge >= 0.3 is 0 Å². The SMILES string of the molecule is NC(=O)c1cccc2c(C[C@@H]3C[C@@H]4C[C@@H]4N3C(=O)c3nc(N)sc3-c3cccc(F)c3)nccc12. The van der Waals surface area contributed by atoms with E-state index in [4.69, 9.17) is 11.5 Å². The third-order valence-corrected chi connectivity index (χ3v) is 7.90. The molecule has 2 aromatic heterocycles. The maximum atomic E-state index is 13.9. The first kappa shape index (κ1) is 21.7. The third kappa shape index (κ3) is 3.72. The highest BCUT2D eigenvalue weighted by Gasteiger charge is 2.54. The molecule has 9 heteroatoms. The zero-order valence-electron chi connectivity index (χ0n) is 18.6. The fraction of sp³-hybridized carbons (Fsp3) is 0.231. The summed E-state index contributed by atoms with van der Waals surface area (Å²) in [5.74, 6) is -0.608. The second kappa shape index (κ2) is 8.13. The Hall–Kier alpha value is -3.85. The van der Waals surface area contributed by atoms with Crippen LogP contribution in [-0.2, 0) is 6.42 Å². The number of rotatable bonds is 5. The number of nitrogens with zero attached hydrogens (tertiary/aromatic N) is 3. The molecule has 3 heterocycles. The number of carbonyl (C=O) groups is 2. The van der Waals surface area contributed by atoms with Crippen LogP contribution in [0.4, 0.5) is 9.52 Å². The molecule has 0 radical (unpaired) electrons. The molecule has 35 heavy (non-hydrogen) atoms. The predicted octanol–water partition coefficient (Wildman–Crippen LogP) is 4.02. The van der Waals surface area contributed by atoms with E-state index in [0.29, 0.717) is 28.3 Å². The quantitative estimate of drug-likeness (QED) is 0.441. The summed E-state index contributed by atoms with van der Waals surface area (Å²) < 4.78 is 13.9. The number of nitrogens with two attached hydrogens (primary N) is 2. The largest absolute Gasteiger partial charge is 0.375 e. The normalized spacial score (nSPS) is 20.7. The molecule has 2 aromatic carbocycles. The van der Waals surface area contributed by atoms with Crippen LogP contribution < -0.4 is 11.5 Å². The van der Waals surface area contributed by atoms with Crippen LogP contribution in [0.3, 0.4) is 0 Å². The molecular weight excluding hydrogens is 465 g/mol. The van der Waals surface area contributed by atoms with E-state index in [9.17, 15) is 14.0 Å². The second-order valence-corrected chi connectivity index (χ2v) is 10.2. The van der Waals surface area contributed by atoms with Crippen LogP contribution in [0, 0.1) is 11.7 Å². The van der Waals surface area contributed by atoms with Crippen LogP contribution in [0.5, 0.6) is 0 Å². The summed E-state index contributed by atoms with van der Waals surface area (Å²) in [5, 5.41) is 1.88. The van der Waals surface area contributed by atoms with Crippen molar-refractivity contribution in [1.29, 1.82) is 0 Å². The van der Waals surface area contributed by atoms with Crippen molar-refractivity contribution in [3.8, 4) is 10.4 Å². The topological polar surface area (TPSA) is 115 Å². The van der Waals surface area contributed by atoms with Crippen LogP contribution >= 0.6 is 11.3 Å². The van der Waals surface area contributed by atoms with E-state index in [1.54, 1.807) is 36.5 Å². The molecule has 2 fully saturated rings. The van der Waals surface area contributed by atoms with Gasteiger partial charge in [0, 0.05) is 35.7 Å². The lowest BCUT2D eigenvalue weighted by atomic mass is 9.98. The third-order valence-electron chi connectivity index (χ3n) is 6.96. The number of amides is 2. The number of hydrogen-bond donors (Lipinski definition) is 2. The standard InChI is InChI=1S/C26H22FN5O2S/c27-15-4-1-3-13(9-15)23-22(31-26(29)35-23)25(34)32-16(10-14-11-21(14)32)12-20-18-5-2-6-19(24(28)33)17(18)7-8-30-20/h1-9,14,16,21H,10-12H2,(H2,28,33)(H2,29,31)/t14-,16+,21+/m1/s1. The van der Waals surface area contributed by atoms with Crippen LogP contribution in [-0.4, -0.2) is 38.8 Å². The van der Waals surface area contributed by atoms with E-state index in [0.717, 1.165) is 29.3 Å². The molecule has 176 valence electrons. The van der Waals surface area contributed by atoms with Gasteiger partial charge in [-0.15, -0.1) is 0 Å². The van der Waals surface area contributed by atoms with Gasteiger partial charge in [-0.1, -0.05) is 35.6 Å². The maximum absolute atomic E-state index is 13.9. The number of primary amides is 1. The first-order valence-corrected chi connectivity index (χ1v) is 12.2. The van der Waals surface area contributed by atoms with Crippen molar-refractivity contribution < 1.29 is 14.0 Å². The van der Waals surface area contributed by atoms with E-state index >= 15 is 0 Å². The Morgan fingerprint density at radius 3 is 2.74 bits per heavy atom. The van der Waals surface area contributed by atoms with Crippen molar-refractivity contribution in [2.24, 2.45) is 11.7 Å². The number of anilines is 1. The van der Waals surface area contributed by atoms with Gasteiger partial charge in [0.05, 0.1) is 10.6 Å². The minimum Gasteiger partial charge on any atom is -0.375 e. The van der Waals surface area contributed by atoms with Gasteiger partial charge in [-0.25, -0.2) is 9.37 Å². The number of piperidine rings is 1. The van der Waals surface area contributed by atoms with Crippen molar-refractivity contribution >= 4 is 39.1 Å². The number of carbonyl (C=O) groups excluding carboxylic acids is 2. The molecular formula is C26H22FN5O2S. The number of nitrogen functional groups attached to an aromatic ring is 1. The van der Waals surface area contributed by atoms with Gasteiger partial charge < -0.3 is 16.4 Å². The Morgan fingerprint density at radius 2 is 1.94 bits per heavy atom. The number of aromatic nitrogens is 2. The summed E-state index contributed by atoms with van der Waals surface area (Å²) in [4.78, 5) is 37.2. The van der Waals surface area contributed by atoms with Crippen LogP contribution in [0.25, 0.3) is 21.2 Å². The molecule has 4 N–H and O–H groups in total. The number of thiazole rings is 1. The lowest BCUT2D eigenvalue weighted by Gasteiger charge is -2.27. The van der Waals surface area contributed by atoms with E-state index in [1.807, 2.05) is 11.0 Å².